The molecule has 0 aromatic heterocycles. The molecule has 0 unspecified atom stereocenters. The molecular weight excluding hydrogens is 392 g/mol. The van der Waals surface area contributed by atoms with Gasteiger partial charge in [-0.15, -0.1) is 0 Å². The van der Waals surface area contributed by atoms with Crippen molar-refractivity contribution < 1.29 is 19.1 Å². The Hall–Kier alpha value is -3.54. The van der Waals surface area contributed by atoms with Gasteiger partial charge in [0, 0.05) is 31.7 Å². The Morgan fingerprint density at radius 2 is 1.48 bits per heavy atom. The third-order valence-electron chi connectivity index (χ3n) is 5.74. The van der Waals surface area contributed by atoms with Gasteiger partial charge in [0.1, 0.15) is 0 Å². The van der Waals surface area contributed by atoms with Gasteiger partial charge in [-0.2, -0.15) is 0 Å². The molecule has 3 aromatic carbocycles. The second-order valence-electron chi connectivity index (χ2n) is 7.57. The lowest BCUT2D eigenvalue weighted by atomic mass is 10.0. The van der Waals surface area contributed by atoms with Crippen molar-refractivity contribution in [3.05, 3.63) is 71.8 Å². The number of piperazine rings is 1. The van der Waals surface area contributed by atoms with Gasteiger partial charge in [0.25, 0.3) is 5.91 Å². The number of carbonyl (C=O) groups is 2. The molecular formula is C25H26N2O4. The van der Waals surface area contributed by atoms with Crippen LogP contribution in [0.4, 0.5) is 0 Å². The number of benzene rings is 3. The molecule has 6 heteroatoms. The van der Waals surface area contributed by atoms with Crippen LogP contribution < -0.4 is 9.47 Å². The van der Waals surface area contributed by atoms with E-state index in [2.05, 4.69) is 0 Å². The van der Waals surface area contributed by atoms with E-state index in [-0.39, 0.29) is 18.2 Å². The Kier molecular flexibility index (Phi) is 6.07. The number of hydrogen-bond acceptors (Lipinski definition) is 4. The topological polar surface area (TPSA) is 59.1 Å². The van der Waals surface area contributed by atoms with Crippen LogP contribution in [0, 0.1) is 0 Å². The third kappa shape index (κ3) is 4.33. The number of carbonyl (C=O) groups excluding carboxylic acids is 2. The highest BCUT2D eigenvalue weighted by Crippen LogP contribution is 2.28. The van der Waals surface area contributed by atoms with Crippen LogP contribution in [0.1, 0.15) is 15.9 Å². The van der Waals surface area contributed by atoms with Crippen molar-refractivity contribution >= 4 is 22.6 Å². The monoisotopic (exact) mass is 418 g/mol. The molecule has 160 valence electrons. The summed E-state index contributed by atoms with van der Waals surface area (Å²) in [4.78, 5) is 29.6. The number of fused-ring (bicyclic) bond motifs is 1. The first kappa shape index (κ1) is 20.7. The SMILES string of the molecule is COc1ccc(CC(=O)N2CCN(C(=O)c3cccc4ccccc34)CC2)cc1OC. The van der Waals surface area contributed by atoms with Crippen LogP contribution in [-0.4, -0.2) is 62.0 Å². The zero-order chi connectivity index (χ0) is 21.8. The van der Waals surface area contributed by atoms with Gasteiger partial charge in [-0.25, -0.2) is 0 Å². The van der Waals surface area contributed by atoms with Gasteiger partial charge in [-0.05, 0) is 34.5 Å². The van der Waals surface area contributed by atoms with Gasteiger partial charge in [-0.3, -0.25) is 9.59 Å². The van der Waals surface area contributed by atoms with Gasteiger partial charge in [0.15, 0.2) is 11.5 Å². The first-order valence-corrected chi connectivity index (χ1v) is 10.4. The molecule has 0 atom stereocenters. The summed E-state index contributed by atoms with van der Waals surface area (Å²) in [6, 6.07) is 19.2. The Morgan fingerprint density at radius 3 is 2.23 bits per heavy atom. The summed E-state index contributed by atoms with van der Waals surface area (Å²) in [6.07, 6.45) is 0.289. The molecule has 0 bridgehead atoms. The van der Waals surface area contributed by atoms with Crippen molar-refractivity contribution in [3.8, 4) is 11.5 Å². The Balaban J connectivity index is 1.39. The maximum Gasteiger partial charge on any atom is 0.254 e. The molecule has 0 saturated carbocycles. The zero-order valence-electron chi connectivity index (χ0n) is 17.8. The summed E-state index contributed by atoms with van der Waals surface area (Å²) < 4.78 is 10.6. The van der Waals surface area contributed by atoms with Crippen LogP contribution in [-0.2, 0) is 11.2 Å². The van der Waals surface area contributed by atoms with E-state index >= 15 is 0 Å². The van der Waals surface area contributed by atoms with E-state index in [4.69, 9.17) is 9.47 Å². The van der Waals surface area contributed by atoms with Gasteiger partial charge >= 0.3 is 0 Å². The Bertz CT molecular complexity index is 1100. The van der Waals surface area contributed by atoms with Crippen molar-refractivity contribution in [2.24, 2.45) is 0 Å². The van der Waals surface area contributed by atoms with Gasteiger partial charge in [0.2, 0.25) is 5.91 Å². The summed E-state index contributed by atoms with van der Waals surface area (Å²) >= 11 is 0. The van der Waals surface area contributed by atoms with Crippen LogP contribution in [0.3, 0.4) is 0 Å². The average Bonchev–Trinajstić information content (AvgIpc) is 2.83. The maximum atomic E-state index is 13.1. The van der Waals surface area contributed by atoms with Crippen molar-refractivity contribution in [2.45, 2.75) is 6.42 Å². The number of nitrogens with zero attached hydrogens (tertiary/aromatic N) is 2. The summed E-state index contributed by atoms with van der Waals surface area (Å²) in [5.41, 5.74) is 1.58. The lowest BCUT2D eigenvalue weighted by Gasteiger charge is -2.35. The fraction of sp³-hybridized carbons (Fsp3) is 0.280. The lowest BCUT2D eigenvalue weighted by molar-refractivity contribution is -0.131. The fourth-order valence-corrected chi connectivity index (χ4v) is 4.02. The minimum absolute atomic E-state index is 0.0174. The minimum atomic E-state index is 0.0174. The molecule has 1 fully saturated rings. The first-order chi connectivity index (χ1) is 15.1. The second-order valence-corrected chi connectivity index (χ2v) is 7.57. The van der Waals surface area contributed by atoms with Crippen LogP contribution in [0.2, 0.25) is 0 Å². The highest BCUT2D eigenvalue weighted by molar-refractivity contribution is 6.07. The normalized spacial score (nSPS) is 13.9. The highest BCUT2D eigenvalue weighted by atomic mass is 16.5. The van der Waals surface area contributed by atoms with E-state index in [9.17, 15) is 9.59 Å². The van der Waals surface area contributed by atoms with Gasteiger partial charge in [0.05, 0.1) is 20.6 Å². The smallest absolute Gasteiger partial charge is 0.254 e. The third-order valence-corrected chi connectivity index (χ3v) is 5.74. The fourth-order valence-electron chi connectivity index (χ4n) is 4.02. The summed E-state index contributed by atoms with van der Waals surface area (Å²) in [5, 5.41) is 2.01. The molecule has 6 nitrogen and oxygen atoms in total. The molecule has 2 amide bonds. The molecule has 3 aromatic rings. The quantitative estimate of drug-likeness (QED) is 0.637. The van der Waals surface area contributed by atoms with E-state index in [0.29, 0.717) is 43.2 Å². The number of methoxy groups -OCH3 is 2. The van der Waals surface area contributed by atoms with E-state index in [1.807, 2.05) is 70.5 Å². The largest absolute Gasteiger partial charge is 0.493 e. The number of ether oxygens (including phenoxy) is 2. The molecule has 0 spiro atoms. The van der Waals surface area contributed by atoms with Crippen LogP contribution in [0.5, 0.6) is 11.5 Å². The maximum absolute atomic E-state index is 13.1. The number of rotatable bonds is 5. The van der Waals surface area contributed by atoms with Gasteiger partial charge in [-0.1, -0.05) is 42.5 Å². The molecule has 1 heterocycles. The standard InChI is InChI=1S/C25H26N2O4/c1-30-22-11-10-18(16-23(22)31-2)17-24(28)26-12-14-27(15-13-26)25(29)21-9-5-7-19-6-3-4-8-20(19)21/h3-11,16H,12-15,17H2,1-2H3. The molecule has 0 N–H and O–H groups in total. The van der Waals surface area contributed by atoms with E-state index in [1.54, 1.807) is 14.2 Å². The predicted octanol–water partition coefficient (Wildman–Crippen LogP) is 3.38. The van der Waals surface area contributed by atoms with Crippen molar-refractivity contribution in [1.29, 1.82) is 0 Å². The Morgan fingerprint density at radius 1 is 0.806 bits per heavy atom. The van der Waals surface area contributed by atoms with Crippen molar-refractivity contribution in [3.63, 3.8) is 0 Å². The second kappa shape index (κ2) is 9.08. The molecule has 0 aliphatic carbocycles. The summed E-state index contributed by atoms with van der Waals surface area (Å²) in [7, 11) is 3.16. The lowest BCUT2D eigenvalue weighted by Crippen LogP contribution is -2.51. The summed E-state index contributed by atoms with van der Waals surface area (Å²) in [6.45, 7) is 2.12. The average molecular weight is 418 g/mol. The van der Waals surface area contributed by atoms with E-state index in [1.165, 1.54) is 0 Å². The molecule has 1 saturated heterocycles. The molecule has 31 heavy (non-hydrogen) atoms. The van der Waals surface area contributed by atoms with Crippen LogP contribution in [0.25, 0.3) is 10.8 Å². The molecule has 0 radical (unpaired) electrons. The van der Waals surface area contributed by atoms with Crippen molar-refractivity contribution in [1.82, 2.24) is 9.80 Å². The Labute approximate surface area is 182 Å². The first-order valence-electron chi connectivity index (χ1n) is 10.4. The zero-order valence-corrected chi connectivity index (χ0v) is 17.8. The molecule has 1 aliphatic heterocycles. The summed E-state index contributed by atoms with van der Waals surface area (Å²) in [5.74, 6) is 1.31. The van der Waals surface area contributed by atoms with Crippen LogP contribution in [0.15, 0.2) is 60.7 Å². The predicted molar refractivity (Wildman–Crippen MR) is 120 cm³/mol. The van der Waals surface area contributed by atoms with Crippen molar-refractivity contribution in [2.75, 3.05) is 40.4 Å². The minimum Gasteiger partial charge on any atom is -0.493 e. The van der Waals surface area contributed by atoms with Gasteiger partial charge < -0.3 is 19.3 Å². The van der Waals surface area contributed by atoms with Crippen LogP contribution >= 0.6 is 0 Å². The number of hydrogen-bond donors (Lipinski definition) is 0. The molecule has 1 aliphatic rings. The highest BCUT2D eigenvalue weighted by Gasteiger charge is 2.25. The number of amides is 2. The van der Waals surface area contributed by atoms with E-state index in [0.717, 1.165) is 16.3 Å². The molecule has 4 rings (SSSR count). The van der Waals surface area contributed by atoms with E-state index < -0.39 is 0 Å².